The molecule has 0 radical (unpaired) electrons. The van der Waals surface area contributed by atoms with E-state index in [1.165, 1.54) is 11.1 Å². The van der Waals surface area contributed by atoms with Crippen LogP contribution in [0.5, 0.6) is 0 Å². The van der Waals surface area contributed by atoms with Gasteiger partial charge in [-0.25, -0.2) is 0 Å². The van der Waals surface area contributed by atoms with Crippen molar-refractivity contribution in [1.82, 2.24) is 0 Å². The lowest BCUT2D eigenvalue weighted by atomic mass is 10.1. The lowest BCUT2D eigenvalue weighted by molar-refractivity contribution is 1.17. The molecule has 0 heterocycles. The lowest BCUT2D eigenvalue weighted by Crippen LogP contribution is -1.72. The molecule has 0 aliphatic rings. The maximum atomic E-state index is 2.25. The summed E-state index contributed by atoms with van der Waals surface area (Å²) in [5.41, 5.74) is 2.76. The quantitative estimate of drug-likeness (QED) is 0.436. The van der Waals surface area contributed by atoms with Crippen molar-refractivity contribution in [2.24, 2.45) is 0 Å². The van der Waals surface area contributed by atoms with Crippen molar-refractivity contribution in [3.05, 3.63) is 59.8 Å². The minimum Gasteiger partial charge on any atom is -0.0877 e. The Morgan fingerprint density at radius 1 is 0.867 bits per heavy atom. The summed E-state index contributed by atoms with van der Waals surface area (Å²) in [6, 6.07) is 0. The molecule has 0 aliphatic heterocycles. The summed E-state index contributed by atoms with van der Waals surface area (Å²) in [4.78, 5) is 0. The first-order valence-corrected chi connectivity index (χ1v) is 5.42. The number of hydrogen-bond donors (Lipinski definition) is 0. The maximum absolute atomic E-state index is 2.25. The van der Waals surface area contributed by atoms with Gasteiger partial charge in [0.1, 0.15) is 0 Å². The molecule has 0 bridgehead atoms. The zero-order chi connectivity index (χ0) is 11.5. The van der Waals surface area contributed by atoms with Crippen LogP contribution in [-0.2, 0) is 0 Å². The van der Waals surface area contributed by atoms with Crippen molar-refractivity contribution in [2.45, 2.75) is 34.1 Å². The van der Waals surface area contributed by atoms with Crippen LogP contribution in [0.1, 0.15) is 34.1 Å². The SMILES string of the molecule is CC=CC=CC=CC=C(C)CC=C(C)C. The largest absolute Gasteiger partial charge is 0.0877 e. The predicted octanol–water partition coefficient (Wildman–Crippen LogP) is 4.98. The molecule has 0 fully saturated rings. The summed E-state index contributed by atoms with van der Waals surface area (Å²) in [6.07, 6.45) is 17.7. The number of rotatable bonds is 5. The second-order valence-electron chi connectivity index (χ2n) is 3.79. The highest BCUT2D eigenvalue weighted by Crippen LogP contribution is 2.03. The summed E-state index contributed by atoms with van der Waals surface area (Å²) in [6.45, 7) is 8.42. The van der Waals surface area contributed by atoms with Crippen molar-refractivity contribution in [1.29, 1.82) is 0 Å². The van der Waals surface area contributed by atoms with Crippen molar-refractivity contribution < 1.29 is 0 Å². The van der Waals surface area contributed by atoms with Crippen molar-refractivity contribution in [3.63, 3.8) is 0 Å². The second-order valence-corrected chi connectivity index (χ2v) is 3.79. The van der Waals surface area contributed by atoms with Crippen molar-refractivity contribution in [3.8, 4) is 0 Å². The van der Waals surface area contributed by atoms with Crippen LogP contribution < -0.4 is 0 Å². The van der Waals surface area contributed by atoms with Gasteiger partial charge in [0.25, 0.3) is 0 Å². The van der Waals surface area contributed by atoms with Gasteiger partial charge in [-0.3, -0.25) is 0 Å². The molecule has 0 aromatic carbocycles. The Morgan fingerprint density at radius 3 is 2.07 bits per heavy atom. The molecule has 15 heavy (non-hydrogen) atoms. The monoisotopic (exact) mass is 202 g/mol. The van der Waals surface area contributed by atoms with E-state index in [1.54, 1.807) is 0 Å². The lowest BCUT2D eigenvalue weighted by Gasteiger charge is -1.93. The molecular weight excluding hydrogens is 180 g/mol. The Hall–Kier alpha value is -1.30. The smallest absolute Gasteiger partial charge is 0.0136 e. The summed E-state index contributed by atoms with van der Waals surface area (Å²) in [5.74, 6) is 0. The van der Waals surface area contributed by atoms with Crippen LogP contribution in [0.2, 0.25) is 0 Å². The van der Waals surface area contributed by atoms with Gasteiger partial charge < -0.3 is 0 Å². The molecule has 0 unspecified atom stereocenters. The van der Waals surface area contributed by atoms with E-state index in [4.69, 9.17) is 0 Å². The molecule has 0 rings (SSSR count). The maximum Gasteiger partial charge on any atom is -0.0136 e. The minimum absolute atomic E-state index is 1.05. The first-order chi connectivity index (χ1) is 7.16. The van der Waals surface area contributed by atoms with Crippen LogP contribution in [0, 0.1) is 0 Å². The predicted molar refractivity (Wildman–Crippen MR) is 70.9 cm³/mol. The molecule has 0 aromatic rings. The van der Waals surface area contributed by atoms with Crippen LogP contribution in [0.25, 0.3) is 0 Å². The number of hydrogen-bond acceptors (Lipinski definition) is 0. The highest BCUT2D eigenvalue weighted by atomic mass is 13.9. The van der Waals surface area contributed by atoms with E-state index in [2.05, 4.69) is 39.0 Å². The molecule has 82 valence electrons. The molecule has 0 heteroatoms. The molecule has 0 aromatic heterocycles. The van der Waals surface area contributed by atoms with E-state index in [1.807, 2.05) is 37.3 Å². The fourth-order valence-electron chi connectivity index (χ4n) is 0.957. The molecule has 0 saturated heterocycles. The Balaban J connectivity index is 3.99. The average molecular weight is 202 g/mol. The van der Waals surface area contributed by atoms with E-state index in [-0.39, 0.29) is 0 Å². The van der Waals surface area contributed by atoms with Crippen LogP contribution in [0.4, 0.5) is 0 Å². The van der Waals surface area contributed by atoms with Crippen molar-refractivity contribution >= 4 is 0 Å². The van der Waals surface area contributed by atoms with Crippen molar-refractivity contribution in [2.75, 3.05) is 0 Å². The molecule has 0 atom stereocenters. The molecule has 0 N–H and O–H groups in total. The van der Waals surface area contributed by atoms with Gasteiger partial charge in [0.2, 0.25) is 0 Å². The fourth-order valence-corrected chi connectivity index (χ4v) is 0.957. The summed E-state index contributed by atoms with van der Waals surface area (Å²) in [5, 5.41) is 0. The zero-order valence-corrected chi connectivity index (χ0v) is 10.3. The van der Waals surface area contributed by atoms with Gasteiger partial charge in [-0.15, -0.1) is 0 Å². The van der Waals surface area contributed by atoms with E-state index >= 15 is 0 Å². The Morgan fingerprint density at radius 2 is 1.47 bits per heavy atom. The third-order valence-electron chi connectivity index (χ3n) is 1.85. The molecule has 0 spiro atoms. The van der Waals surface area contributed by atoms with Crippen LogP contribution in [0.15, 0.2) is 59.8 Å². The van der Waals surface area contributed by atoms with Gasteiger partial charge >= 0.3 is 0 Å². The molecule has 0 amide bonds. The van der Waals surface area contributed by atoms with Gasteiger partial charge in [-0.1, -0.05) is 59.8 Å². The third kappa shape index (κ3) is 10.6. The number of allylic oxidation sites excluding steroid dienone is 10. The second kappa shape index (κ2) is 9.26. The molecule has 0 aliphatic carbocycles. The van der Waals surface area contributed by atoms with E-state index in [0.29, 0.717) is 0 Å². The first kappa shape index (κ1) is 13.7. The fraction of sp³-hybridized carbons (Fsp3) is 0.333. The van der Waals surface area contributed by atoms with Gasteiger partial charge in [-0.05, 0) is 34.1 Å². The standard InChI is InChI=1S/C15H22/c1-5-6-7-8-9-10-11-15(4)13-12-14(2)3/h5-12H,13H2,1-4H3. The highest BCUT2D eigenvalue weighted by Gasteiger charge is 1.83. The Bertz CT molecular complexity index is 292. The third-order valence-corrected chi connectivity index (χ3v) is 1.85. The van der Waals surface area contributed by atoms with E-state index < -0.39 is 0 Å². The Kier molecular flexibility index (Phi) is 8.46. The molecule has 0 saturated carbocycles. The van der Waals surface area contributed by atoms with Gasteiger partial charge in [-0.2, -0.15) is 0 Å². The topological polar surface area (TPSA) is 0 Å². The summed E-state index contributed by atoms with van der Waals surface area (Å²) in [7, 11) is 0. The zero-order valence-electron chi connectivity index (χ0n) is 10.3. The normalized spacial score (nSPS) is 13.2. The average Bonchev–Trinajstić information content (AvgIpc) is 2.20. The first-order valence-electron chi connectivity index (χ1n) is 5.42. The van der Waals surface area contributed by atoms with Crippen LogP contribution >= 0.6 is 0 Å². The molecule has 0 nitrogen and oxygen atoms in total. The van der Waals surface area contributed by atoms with Gasteiger partial charge in [0.05, 0.1) is 0 Å². The Labute approximate surface area is 94.4 Å². The van der Waals surface area contributed by atoms with E-state index in [9.17, 15) is 0 Å². The van der Waals surface area contributed by atoms with Crippen LogP contribution in [-0.4, -0.2) is 0 Å². The molecular formula is C15H22. The van der Waals surface area contributed by atoms with Gasteiger partial charge in [0.15, 0.2) is 0 Å². The minimum atomic E-state index is 1.05. The summed E-state index contributed by atoms with van der Waals surface area (Å²) >= 11 is 0. The summed E-state index contributed by atoms with van der Waals surface area (Å²) < 4.78 is 0. The highest BCUT2D eigenvalue weighted by molar-refractivity contribution is 5.19. The van der Waals surface area contributed by atoms with Crippen LogP contribution in [0.3, 0.4) is 0 Å². The van der Waals surface area contributed by atoms with Gasteiger partial charge in [0, 0.05) is 0 Å². The van der Waals surface area contributed by atoms with E-state index in [0.717, 1.165) is 6.42 Å².